The molecule has 4 N–H and O–H groups in total. The first-order valence-electron chi connectivity index (χ1n) is 9.06. The largest absolute Gasteiger partial charge is 0.490 e. The van der Waals surface area contributed by atoms with Crippen LogP contribution in [-0.2, 0) is 16.0 Å². The number of rotatable bonds is 7. The summed E-state index contributed by atoms with van der Waals surface area (Å²) in [6.07, 6.45) is -1.42. The number of amides is 1. The number of carboxylic acid groups (broad SMARTS) is 1. The van der Waals surface area contributed by atoms with Crippen LogP contribution in [0.1, 0.15) is 25.8 Å². The number of H-pyrrole nitrogens is 1. The van der Waals surface area contributed by atoms with Crippen molar-refractivity contribution >= 4 is 54.6 Å². The Labute approximate surface area is 189 Å². The predicted molar refractivity (Wildman–Crippen MR) is 116 cm³/mol. The molecular weight excluding hydrogens is 535 g/mol. The number of benzene rings is 1. The normalized spacial score (nSPS) is 12.4. The Kier molecular flexibility index (Phi) is 10.3. The van der Waals surface area contributed by atoms with Crippen LogP contribution in [0.15, 0.2) is 27.3 Å². The van der Waals surface area contributed by atoms with Crippen LogP contribution in [0.4, 0.5) is 13.2 Å². The quantitative estimate of drug-likeness (QED) is 0.399. The molecule has 30 heavy (non-hydrogen) atoms. The fourth-order valence-corrected chi connectivity index (χ4v) is 3.34. The third kappa shape index (κ3) is 8.27. The number of carboxylic acids is 1. The molecule has 0 unspecified atom stereocenters. The number of hydrogen-bond donors (Lipinski definition) is 4. The monoisotopic (exact) mass is 557 g/mol. The summed E-state index contributed by atoms with van der Waals surface area (Å²) in [5.41, 5.74) is 2.30. The van der Waals surface area contributed by atoms with Crippen molar-refractivity contribution in [1.29, 1.82) is 0 Å². The Hall–Kier alpha value is -1.59. The van der Waals surface area contributed by atoms with Crippen molar-refractivity contribution < 1.29 is 27.9 Å². The lowest BCUT2D eigenvalue weighted by Gasteiger charge is -2.17. The summed E-state index contributed by atoms with van der Waals surface area (Å²) < 4.78 is 33.8. The van der Waals surface area contributed by atoms with Crippen LogP contribution in [0.25, 0.3) is 10.9 Å². The minimum Gasteiger partial charge on any atom is -0.475 e. The van der Waals surface area contributed by atoms with Gasteiger partial charge >= 0.3 is 12.1 Å². The van der Waals surface area contributed by atoms with Crippen LogP contribution in [0.3, 0.4) is 0 Å². The summed E-state index contributed by atoms with van der Waals surface area (Å²) >= 11 is 7.05. The Bertz CT molecular complexity index is 870. The molecule has 1 atom stereocenters. The summed E-state index contributed by atoms with van der Waals surface area (Å²) in [4.78, 5) is 24.4. The molecule has 0 radical (unpaired) electrons. The van der Waals surface area contributed by atoms with Gasteiger partial charge in [-0.05, 0) is 75.4 Å². The summed E-state index contributed by atoms with van der Waals surface area (Å²) in [7, 11) is 1.83. The van der Waals surface area contributed by atoms with Crippen molar-refractivity contribution in [3.05, 3.63) is 32.8 Å². The maximum atomic E-state index is 12.2. The number of aromatic amines is 1. The van der Waals surface area contributed by atoms with Crippen LogP contribution < -0.4 is 10.6 Å². The zero-order chi connectivity index (χ0) is 23.1. The summed E-state index contributed by atoms with van der Waals surface area (Å²) in [5, 5.41) is 14.4. The van der Waals surface area contributed by atoms with E-state index in [0.29, 0.717) is 12.5 Å². The lowest BCUT2D eigenvalue weighted by molar-refractivity contribution is -0.192. The third-order valence-corrected chi connectivity index (χ3v) is 5.96. The van der Waals surface area contributed by atoms with Crippen LogP contribution in [0.2, 0.25) is 0 Å². The first-order chi connectivity index (χ1) is 13.9. The SMILES string of the molecule is CN[C@@H](CC(C)C)C(=O)NCCc1c[nH]c2cc(Br)c(Br)cc12.O=C(O)C(F)(F)F. The van der Waals surface area contributed by atoms with Gasteiger partial charge in [0.1, 0.15) is 0 Å². The van der Waals surface area contributed by atoms with E-state index in [4.69, 9.17) is 9.90 Å². The van der Waals surface area contributed by atoms with Gasteiger partial charge in [-0.1, -0.05) is 13.8 Å². The van der Waals surface area contributed by atoms with Gasteiger partial charge in [0.05, 0.1) is 6.04 Å². The van der Waals surface area contributed by atoms with Crippen molar-refractivity contribution in [3.8, 4) is 0 Å². The van der Waals surface area contributed by atoms with Crippen LogP contribution in [0, 0.1) is 5.92 Å². The van der Waals surface area contributed by atoms with E-state index in [1.165, 1.54) is 10.9 Å². The van der Waals surface area contributed by atoms with Crippen molar-refractivity contribution in [1.82, 2.24) is 15.6 Å². The van der Waals surface area contributed by atoms with Gasteiger partial charge in [-0.3, -0.25) is 4.79 Å². The Morgan fingerprint density at radius 2 is 1.77 bits per heavy atom. The minimum absolute atomic E-state index is 0.0740. The highest BCUT2D eigenvalue weighted by Gasteiger charge is 2.38. The molecule has 11 heteroatoms. The van der Waals surface area contributed by atoms with Gasteiger partial charge in [-0.15, -0.1) is 0 Å². The summed E-state index contributed by atoms with van der Waals surface area (Å²) in [6.45, 7) is 4.88. The number of likely N-dealkylation sites (N-methyl/N-ethyl adjacent to an activating group) is 1. The number of alkyl halides is 3. The van der Waals surface area contributed by atoms with Gasteiger partial charge in [0.2, 0.25) is 5.91 Å². The second-order valence-electron chi connectivity index (χ2n) is 6.94. The Morgan fingerprint density at radius 3 is 2.27 bits per heavy atom. The molecule has 1 aromatic heterocycles. The fraction of sp³-hybridized carbons (Fsp3) is 0.474. The zero-order valence-electron chi connectivity index (χ0n) is 16.7. The second kappa shape index (κ2) is 11.7. The van der Waals surface area contributed by atoms with E-state index in [1.54, 1.807) is 0 Å². The summed E-state index contributed by atoms with van der Waals surface area (Å²) in [6, 6.07) is 4.03. The molecule has 1 amide bonds. The van der Waals surface area contributed by atoms with Crippen molar-refractivity contribution in [3.63, 3.8) is 0 Å². The van der Waals surface area contributed by atoms with Crippen LogP contribution >= 0.6 is 31.9 Å². The second-order valence-corrected chi connectivity index (χ2v) is 8.65. The predicted octanol–water partition coefficient (Wildman–Crippen LogP) is 4.62. The zero-order valence-corrected chi connectivity index (χ0v) is 19.8. The van der Waals surface area contributed by atoms with E-state index in [1.807, 2.05) is 13.2 Å². The van der Waals surface area contributed by atoms with Gasteiger partial charge in [0, 0.05) is 32.6 Å². The van der Waals surface area contributed by atoms with Crippen LogP contribution in [0.5, 0.6) is 0 Å². The molecule has 0 aliphatic heterocycles. The molecule has 168 valence electrons. The molecule has 0 spiro atoms. The van der Waals surface area contributed by atoms with Crippen LogP contribution in [-0.4, -0.2) is 47.8 Å². The molecule has 2 aromatic rings. The molecule has 0 fully saturated rings. The number of carbonyl (C=O) groups excluding carboxylic acids is 1. The van der Waals surface area contributed by atoms with E-state index in [2.05, 4.69) is 73.5 Å². The molecule has 0 bridgehead atoms. The van der Waals surface area contributed by atoms with Gasteiger partial charge in [-0.2, -0.15) is 13.2 Å². The first-order valence-corrected chi connectivity index (χ1v) is 10.7. The standard InChI is InChI=1S/C17H23Br2N3O.C2HF3O2/c1-10(2)6-16(20-3)17(23)21-5-4-11-9-22-15-8-14(19)13(18)7-12(11)15;3-2(4,5)1(6)7/h7-10,16,20,22H,4-6H2,1-3H3,(H,21,23);(H,6,7)/t16-;/m0./s1. The molecule has 0 aliphatic carbocycles. The summed E-state index contributed by atoms with van der Waals surface area (Å²) in [5.74, 6) is -2.19. The number of halogens is 5. The Balaban J connectivity index is 0.000000553. The number of aliphatic carboxylic acids is 1. The molecule has 1 aromatic carbocycles. The number of fused-ring (bicyclic) bond motifs is 1. The van der Waals surface area contributed by atoms with E-state index in [9.17, 15) is 18.0 Å². The van der Waals surface area contributed by atoms with Gasteiger partial charge in [0.15, 0.2) is 0 Å². The third-order valence-electron chi connectivity index (χ3n) is 4.12. The van der Waals surface area contributed by atoms with Gasteiger partial charge < -0.3 is 20.7 Å². The molecular formula is C19H24Br2F3N3O3. The lowest BCUT2D eigenvalue weighted by atomic mass is 10.0. The topological polar surface area (TPSA) is 94.2 Å². The Morgan fingerprint density at radius 1 is 1.20 bits per heavy atom. The lowest BCUT2D eigenvalue weighted by Crippen LogP contribution is -2.43. The first kappa shape index (κ1) is 26.4. The van der Waals surface area contributed by atoms with Crippen molar-refractivity contribution in [2.45, 2.75) is 38.9 Å². The fourth-order valence-electron chi connectivity index (χ4n) is 2.65. The average molecular weight is 559 g/mol. The average Bonchev–Trinajstić information content (AvgIpc) is 3.01. The highest BCUT2D eigenvalue weighted by Crippen LogP contribution is 2.30. The molecule has 0 aliphatic rings. The van der Waals surface area contributed by atoms with E-state index < -0.39 is 12.1 Å². The maximum Gasteiger partial charge on any atom is 0.490 e. The number of nitrogens with one attached hydrogen (secondary N) is 3. The number of hydrogen-bond acceptors (Lipinski definition) is 3. The molecule has 1 heterocycles. The maximum absolute atomic E-state index is 12.2. The number of aromatic nitrogens is 1. The number of carbonyl (C=O) groups is 2. The molecule has 0 saturated carbocycles. The smallest absolute Gasteiger partial charge is 0.475 e. The van der Waals surface area contributed by atoms with E-state index in [0.717, 1.165) is 27.3 Å². The van der Waals surface area contributed by atoms with Gasteiger partial charge in [-0.25, -0.2) is 4.79 Å². The van der Waals surface area contributed by atoms with Gasteiger partial charge in [0.25, 0.3) is 0 Å². The van der Waals surface area contributed by atoms with E-state index >= 15 is 0 Å². The van der Waals surface area contributed by atoms with E-state index in [-0.39, 0.29) is 11.9 Å². The highest BCUT2D eigenvalue weighted by molar-refractivity contribution is 9.13. The minimum atomic E-state index is -5.08. The molecule has 6 nitrogen and oxygen atoms in total. The highest BCUT2D eigenvalue weighted by atomic mass is 79.9. The molecule has 0 saturated heterocycles. The van der Waals surface area contributed by atoms with Crippen molar-refractivity contribution in [2.24, 2.45) is 5.92 Å². The van der Waals surface area contributed by atoms with Crippen molar-refractivity contribution in [2.75, 3.05) is 13.6 Å². The molecule has 2 rings (SSSR count).